The van der Waals surface area contributed by atoms with E-state index in [-0.39, 0.29) is 5.75 Å². The molecule has 3 rings (SSSR count). The Bertz CT molecular complexity index is 545. The van der Waals surface area contributed by atoms with Crippen LogP contribution < -0.4 is 4.74 Å². The average molecular weight is 258 g/mol. The number of rotatable bonds is 4. The van der Waals surface area contributed by atoms with Gasteiger partial charge in [0, 0.05) is 0 Å². The van der Waals surface area contributed by atoms with Crippen LogP contribution in [0.2, 0.25) is 0 Å². The Labute approximate surface area is 112 Å². The van der Waals surface area contributed by atoms with Gasteiger partial charge in [0.1, 0.15) is 12.4 Å². The Morgan fingerprint density at radius 3 is 2.95 bits per heavy atom. The highest BCUT2D eigenvalue weighted by Gasteiger charge is 2.17. The van der Waals surface area contributed by atoms with Crippen molar-refractivity contribution in [3.8, 4) is 11.5 Å². The maximum atomic E-state index is 9.39. The summed E-state index contributed by atoms with van der Waals surface area (Å²) in [5.41, 5.74) is 0.952. The van der Waals surface area contributed by atoms with Crippen molar-refractivity contribution < 1.29 is 9.84 Å². The lowest BCUT2D eigenvalue weighted by molar-refractivity contribution is 0.304. The van der Waals surface area contributed by atoms with E-state index in [1.807, 2.05) is 23.0 Å². The molecule has 0 saturated heterocycles. The normalized spacial score (nSPS) is 15.8. The first-order valence-electron chi connectivity index (χ1n) is 6.76. The number of phenolic OH excluding ortho intramolecular Hbond substituents is 1. The van der Waals surface area contributed by atoms with Crippen molar-refractivity contribution in [3.05, 3.63) is 42.2 Å². The van der Waals surface area contributed by atoms with Gasteiger partial charge < -0.3 is 9.84 Å². The van der Waals surface area contributed by atoms with Crippen LogP contribution >= 0.6 is 0 Å². The SMILES string of the molecule is Oc1cccc(COc2cnn(C3CCCC3)c2)c1. The summed E-state index contributed by atoms with van der Waals surface area (Å²) in [5, 5.41) is 13.8. The molecule has 1 aromatic heterocycles. The zero-order valence-corrected chi connectivity index (χ0v) is 10.8. The predicted molar refractivity (Wildman–Crippen MR) is 72.2 cm³/mol. The number of aromatic nitrogens is 2. The molecule has 4 nitrogen and oxygen atoms in total. The number of ether oxygens (including phenoxy) is 1. The molecule has 1 aliphatic carbocycles. The van der Waals surface area contributed by atoms with Gasteiger partial charge in [0.25, 0.3) is 0 Å². The first-order chi connectivity index (χ1) is 9.31. The third-order valence-corrected chi connectivity index (χ3v) is 3.59. The molecule has 1 saturated carbocycles. The second kappa shape index (κ2) is 5.34. The van der Waals surface area contributed by atoms with E-state index in [0.29, 0.717) is 12.6 Å². The van der Waals surface area contributed by atoms with Crippen LogP contribution in [0.3, 0.4) is 0 Å². The van der Waals surface area contributed by atoms with E-state index in [2.05, 4.69) is 5.10 Å². The van der Waals surface area contributed by atoms with Crippen molar-refractivity contribution in [2.45, 2.75) is 38.3 Å². The lowest BCUT2D eigenvalue weighted by atomic mass is 10.2. The standard InChI is InChI=1S/C15H18N2O2/c18-14-7-3-4-12(8-14)11-19-15-9-16-17(10-15)13-5-1-2-6-13/h3-4,7-10,13,18H,1-2,5-6,11H2. The number of hydrogen-bond donors (Lipinski definition) is 1. The highest BCUT2D eigenvalue weighted by atomic mass is 16.5. The van der Waals surface area contributed by atoms with E-state index >= 15 is 0 Å². The Kier molecular flexibility index (Phi) is 3.40. The zero-order valence-electron chi connectivity index (χ0n) is 10.8. The summed E-state index contributed by atoms with van der Waals surface area (Å²) in [6.07, 6.45) is 8.76. The number of aromatic hydroxyl groups is 1. The van der Waals surface area contributed by atoms with Gasteiger partial charge in [-0.15, -0.1) is 0 Å². The van der Waals surface area contributed by atoms with Crippen LogP contribution in [0.1, 0.15) is 37.3 Å². The molecule has 0 spiro atoms. The van der Waals surface area contributed by atoms with Crippen LogP contribution in [0.5, 0.6) is 11.5 Å². The van der Waals surface area contributed by atoms with Gasteiger partial charge in [0.2, 0.25) is 0 Å². The van der Waals surface area contributed by atoms with Crippen LogP contribution in [-0.4, -0.2) is 14.9 Å². The van der Waals surface area contributed by atoms with Gasteiger partial charge >= 0.3 is 0 Å². The van der Waals surface area contributed by atoms with Crippen LogP contribution in [-0.2, 0) is 6.61 Å². The monoisotopic (exact) mass is 258 g/mol. The molecule has 0 unspecified atom stereocenters. The molecule has 1 fully saturated rings. The van der Waals surface area contributed by atoms with Crippen LogP contribution in [0, 0.1) is 0 Å². The molecule has 19 heavy (non-hydrogen) atoms. The maximum absolute atomic E-state index is 9.39. The first-order valence-corrected chi connectivity index (χ1v) is 6.76. The number of nitrogens with zero attached hydrogens (tertiary/aromatic N) is 2. The van der Waals surface area contributed by atoms with E-state index in [0.717, 1.165) is 11.3 Å². The molecule has 0 atom stereocenters. The molecule has 0 radical (unpaired) electrons. The third kappa shape index (κ3) is 2.89. The molecule has 0 amide bonds. The third-order valence-electron chi connectivity index (χ3n) is 3.59. The minimum atomic E-state index is 0.266. The molecule has 1 aromatic carbocycles. The van der Waals surface area contributed by atoms with Gasteiger partial charge in [-0.1, -0.05) is 25.0 Å². The topological polar surface area (TPSA) is 47.3 Å². The molecule has 0 aliphatic heterocycles. The lowest BCUT2D eigenvalue weighted by Crippen LogP contribution is -2.04. The summed E-state index contributed by atoms with van der Waals surface area (Å²) in [4.78, 5) is 0. The van der Waals surface area contributed by atoms with E-state index in [1.54, 1.807) is 18.3 Å². The van der Waals surface area contributed by atoms with Gasteiger partial charge in [0.15, 0.2) is 5.75 Å². The van der Waals surface area contributed by atoms with Gasteiger partial charge in [0.05, 0.1) is 18.4 Å². The molecular weight excluding hydrogens is 240 g/mol. The smallest absolute Gasteiger partial charge is 0.157 e. The predicted octanol–water partition coefficient (Wildman–Crippen LogP) is 3.28. The van der Waals surface area contributed by atoms with Crippen molar-refractivity contribution in [1.29, 1.82) is 0 Å². The molecule has 1 aliphatic rings. The lowest BCUT2D eigenvalue weighted by Gasteiger charge is -2.08. The van der Waals surface area contributed by atoms with Crippen LogP contribution in [0.4, 0.5) is 0 Å². The van der Waals surface area contributed by atoms with E-state index in [9.17, 15) is 5.11 Å². The van der Waals surface area contributed by atoms with Crippen molar-refractivity contribution in [2.24, 2.45) is 0 Å². The fourth-order valence-electron chi connectivity index (χ4n) is 2.58. The van der Waals surface area contributed by atoms with E-state index in [4.69, 9.17) is 4.74 Å². The summed E-state index contributed by atoms with van der Waals surface area (Å²) in [5.74, 6) is 1.05. The number of benzene rings is 1. The largest absolute Gasteiger partial charge is 0.508 e. The Morgan fingerprint density at radius 1 is 1.32 bits per heavy atom. The van der Waals surface area contributed by atoms with Gasteiger partial charge in [-0.05, 0) is 30.5 Å². The minimum absolute atomic E-state index is 0.266. The van der Waals surface area contributed by atoms with Crippen molar-refractivity contribution in [2.75, 3.05) is 0 Å². The fraction of sp³-hybridized carbons (Fsp3) is 0.400. The second-order valence-electron chi connectivity index (χ2n) is 5.05. The average Bonchev–Trinajstić information content (AvgIpc) is 3.07. The quantitative estimate of drug-likeness (QED) is 0.915. The minimum Gasteiger partial charge on any atom is -0.508 e. The van der Waals surface area contributed by atoms with Crippen LogP contribution in [0.25, 0.3) is 0 Å². The van der Waals surface area contributed by atoms with Crippen LogP contribution in [0.15, 0.2) is 36.7 Å². The second-order valence-corrected chi connectivity index (χ2v) is 5.05. The van der Waals surface area contributed by atoms with Crippen molar-refractivity contribution in [1.82, 2.24) is 9.78 Å². The Morgan fingerprint density at radius 2 is 2.16 bits per heavy atom. The summed E-state index contributed by atoms with van der Waals surface area (Å²) >= 11 is 0. The van der Waals surface area contributed by atoms with Crippen molar-refractivity contribution >= 4 is 0 Å². The van der Waals surface area contributed by atoms with Crippen molar-refractivity contribution in [3.63, 3.8) is 0 Å². The first kappa shape index (κ1) is 12.1. The number of phenols is 1. The van der Waals surface area contributed by atoms with Gasteiger partial charge in [-0.2, -0.15) is 5.10 Å². The molecule has 0 bridgehead atoms. The number of hydrogen-bond acceptors (Lipinski definition) is 3. The molecular formula is C15H18N2O2. The summed E-state index contributed by atoms with van der Waals surface area (Å²) in [6.45, 7) is 0.449. The molecule has 1 N–H and O–H groups in total. The van der Waals surface area contributed by atoms with E-state index in [1.165, 1.54) is 25.7 Å². The Hall–Kier alpha value is -1.97. The highest BCUT2D eigenvalue weighted by Crippen LogP contribution is 2.29. The summed E-state index contributed by atoms with van der Waals surface area (Å²) in [6, 6.07) is 7.65. The van der Waals surface area contributed by atoms with E-state index < -0.39 is 0 Å². The molecule has 100 valence electrons. The zero-order chi connectivity index (χ0) is 13.1. The van der Waals surface area contributed by atoms with Gasteiger partial charge in [-0.3, -0.25) is 4.68 Å². The Balaban J connectivity index is 1.61. The summed E-state index contributed by atoms with van der Waals surface area (Å²) in [7, 11) is 0. The summed E-state index contributed by atoms with van der Waals surface area (Å²) < 4.78 is 7.71. The molecule has 2 aromatic rings. The fourth-order valence-corrected chi connectivity index (χ4v) is 2.58. The highest BCUT2D eigenvalue weighted by molar-refractivity contribution is 5.27. The van der Waals surface area contributed by atoms with Gasteiger partial charge in [-0.25, -0.2) is 0 Å². The molecule has 4 heteroatoms. The maximum Gasteiger partial charge on any atom is 0.157 e. The molecule has 1 heterocycles.